The Kier molecular flexibility index (Phi) is 4.69. The van der Waals surface area contributed by atoms with Crippen LogP contribution in [0.1, 0.15) is 16.1 Å². The lowest BCUT2D eigenvalue weighted by atomic mass is 10.2. The van der Waals surface area contributed by atoms with E-state index in [1.54, 1.807) is 12.1 Å². The maximum absolute atomic E-state index is 12.9. The predicted octanol–water partition coefficient (Wildman–Crippen LogP) is 0.647. The molecule has 0 unspecified atom stereocenters. The van der Waals surface area contributed by atoms with Gasteiger partial charge in [-0.1, -0.05) is 17.3 Å². The number of aromatic nitrogens is 3. The van der Waals surface area contributed by atoms with Gasteiger partial charge in [0.05, 0.1) is 19.3 Å². The molecule has 2 heterocycles. The van der Waals surface area contributed by atoms with Gasteiger partial charge in [-0.3, -0.25) is 4.79 Å². The normalized spacial score (nSPS) is 13.9. The number of benzene rings is 1. The summed E-state index contributed by atoms with van der Waals surface area (Å²) >= 11 is 0. The van der Waals surface area contributed by atoms with Crippen LogP contribution in [0.15, 0.2) is 30.5 Å². The lowest BCUT2D eigenvalue weighted by Crippen LogP contribution is -2.35. The highest BCUT2D eigenvalue weighted by Gasteiger charge is 2.21. The molecular formula is C15H16FN5O3. The Morgan fingerprint density at radius 2 is 2.12 bits per heavy atom. The molecule has 0 aliphatic carbocycles. The summed E-state index contributed by atoms with van der Waals surface area (Å²) in [4.78, 5) is 24.8. The molecule has 0 spiro atoms. The van der Waals surface area contributed by atoms with Crippen LogP contribution in [-0.2, 0) is 11.3 Å². The topological polar surface area (TPSA) is 89.4 Å². The summed E-state index contributed by atoms with van der Waals surface area (Å²) < 4.78 is 19.2. The molecular weight excluding hydrogens is 317 g/mol. The zero-order valence-electron chi connectivity index (χ0n) is 12.8. The van der Waals surface area contributed by atoms with Crippen LogP contribution in [0, 0.1) is 5.82 Å². The van der Waals surface area contributed by atoms with Crippen molar-refractivity contribution in [1.29, 1.82) is 0 Å². The van der Waals surface area contributed by atoms with Crippen molar-refractivity contribution in [3.8, 4) is 0 Å². The molecule has 9 heteroatoms. The van der Waals surface area contributed by atoms with Crippen LogP contribution in [0.25, 0.3) is 0 Å². The largest absolute Gasteiger partial charge is 0.448 e. The van der Waals surface area contributed by atoms with Crippen molar-refractivity contribution in [3.63, 3.8) is 0 Å². The van der Waals surface area contributed by atoms with Gasteiger partial charge in [-0.2, -0.15) is 0 Å². The Morgan fingerprint density at radius 1 is 1.33 bits per heavy atom. The SMILES string of the molecule is O=C(NCCN1CCOC1=O)c1cn(Cc2ccc(F)cc2)nn1. The van der Waals surface area contributed by atoms with Gasteiger partial charge in [0.1, 0.15) is 12.4 Å². The van der Waals surface area contributed by atoms with Crippen molar-refractivity contribution < 1.29 is 18.7 Å². The molecule has 1 N–H and O–H groups in total. The molecule has 0 saturated carbocycles. The van der Waals surface area contributed by atoms with Crippen molar-refractivity contribution in [2.45, 2.75) is 6.54 Å². The Morgan fingerprint density at radius 3 is 2.83 bits per heavy atom. The van der Waals surface area contributed by atoms with E-state index in [0.717, 1.165) is 5.56 Å². The van der Waals surface area contributed by atoms with Gasteiger partial charge in [-0.15, -0.1) is 5.10 Å². The molecule has 1 fully saturated rings. The quantitative estimate of drug-likeness (QED) is 0.838. The Hall–Kier alpha value is -2.97. The summed E-state index contributed by atoms with van der Waals surface area (Å²) in [6.45, 7) is 1.99. The molecule has 1 aromatic heterocycles. The lowest BCUT2D eigenvalue weighted by molar-refractivity contribution is 0.0943. The van der Waals surface area contributed by atoms with Gasteiger partial charge in [0.2, 0.25) is 0 Å². The molecule has 126 valence electrons. The third-order valence-electron chi connectivity index (χ3n) is 3.54. The highest BCUT2D eigenvalue weighted by molar-refractivity contribution is 5.91. The van der Waals surface area contributed by atoms with Crippen LogP contribution in [-0.4, -0.2) is 58.1 Å². The predicted molar refractivity (Wildman–Crippen MR) is 80.8 cm³/mol. The highest BCUT2D eigenvalue weighted by Crippen LogP contribution is 2.05. The van der Waals surface area contributed by atoms with E-state index in [2.05, 4.69) is 15.6 Å². The Balaban J connectivity index is 1.50. The zero-order valence-corrected chi connectivity index (χ0v) is 12.8. The molecule has 0 radical (unpaired) electrons. The fourth-order valence-corrected chi connectivity index (χ4v) is 2.28. The van der Waals surface area contributed by atoms with Gasteiger partial charge in [0.25, 0.3) is 5.91 Å². The van der Waals surface area contributed by atoms with Crippen molar-refractivity contribution in [3.05, 3.63) is 47.5 Å². The number of hydrogen-bond donors (Lipinski definition) is 1. The molecule has 8 nitrogen and oxygen atoms in total. The zero-order chi connectivity index (χ0) is 16.9. The third kappa shape index (κ3) is 3.86. The first kappa shape index (κ1) is 15.9. The van der Waals surface area contributed by atoms with E-state index < -0.39 is 0 Å². The number of nitrogens with one attached hydrogen (secondary N) is 1. The molecule has 0 atom stereocenters. The Bertz CT molecular complexity index is 731. The number of rotatable bonds is 6. The van der Waals surface area contributed by atoms with Gasteiger partial charge >= 0.3 is 6.09 Å². The maximum atomic E-state index is 12.9. The second-order valence-electron chi connectivity index (χ2n) is 5.29. The third-order valence-corrected chi connectivity index (χ3v) is 3.54. The molecule has 2 amide bonds. The molecule has 2 aromatic rings. The molecule has 1 saturated heterocycles. The molecule has 0 bridgehead atoms. The highest BCUT2D eigenvalue weighted by atomic mass is 19.1. The van der Waals surface area contributed by atoms with Crippen LogP contribution in [0.2, 0.25) is 0 Å². The Labute approximate surface area is 137 Å². The lowest BCUT2D eigenvalue weighted by Gasteiger charge is -2.12. The van der Waals surface area contributed by atoms with E-state index >= 15 is 0 Å². The summed E-state index contributed by atoms with van der Waals surface area (Å²) in [6.07, 6.45) is 1.15. The number of ether oxygens (including phenoxy) is 1. The second kappa shape index (κ2) is 7.07. The number of halogens is 1. The van der Waals surface area contributed by atoms with Crippen LogP contribution in [0.5, 0.6) is 0 Å². The first-order valence-electron chi connectivity index (χ1n) is 7.46. The minimum atomic E-state index is -0.368. The summed E-state index contributed by atoms with van der Waals surface area (Å²) in [5.41, 5.74) is 1.03. The molecule has 1 aromatic carbocycles. The van der Waals surface area contributed by atoms with Crippen molar-refractivity contribution in [2.75, 3.05) is 26.2 Å². The van der Waals surface area contributed by atoms with Gasteiger partial charge in [-0.05, 0) is 17.7 Å². The van der Waals surface area contributed by atoms with E-state index in [1.165, 1.54) is 27.9 Å². The van der Waals surface area contributed by atoms with E-state index in [1.807, 2.05) is 0 Å². The van der Waals surface area contributed by atoms with Crippen LogP contribution < -0.4 is 5.32 Å². The summed E-state index contributed by atoms with van der Waals surface area (Å²) in [5, 5.41) is 10.4. The van der Waals surface area contributed by atoms with Crippen molar-refractivity contribution in [2.24, 2.45) is 0 Å². The number of hydrogen-bond acceptors (Lipinski definition) is 5. The van der Waals surface area contributed by atoms with Crippen molar-refractivity contribution >= 4 is 12.0 Å². The monoisotopic (exact) mass is 333 g/mol. The van der Waals surface area contributed by atoms with Crippen LogP contribution >= 0.6 is 0 Å². The maximum Gasteiger partial charge on any atom is 0.409 e. The second-order valence-corrected chi connectivity index (χ2v) is 5.29. The minimum Gasteiger partial charge on any atom is -0.448 e. The fourth-order valence-electron chi connectivity index (χ4n) is 2.28. The van der Waals surface area contributed by atoms with E-state index in [0.29, 0.717) is 32.8 Å². The average molecular weight is 333 g/mol. The smallest absolute Gasteiger partial charge is 0.409 e. The van der Waals surface area contributed by atoms with E-state index in [-0.39, 0.29) is 23.5 Å². The number of carbonyl (C=O) groups is 2. The number of carbonyl (C=O) groups excluding carboxylic acids is 2. The minimum absolute atomic E-state index is 0.182. The number of nitrogens with zero attached hydrogens (tertiary/aromatic N) is 4. The molecule has 1 aliphatic heterocycles. The van der Waals surface area contributed by atoms with Gasteiger partial charge < -0.3 is 15.0 Å². The molecule has 3 rings (SSSR count). The van der Waals surface area contributed by atoms with Gasteiger partial charge in [0, 0.05) is 13.1 Å². The summed E-state index contributed by atoms with van der Waals surface area (Å²) in [5.74, 6) is -0.674. The molecule has 24 heavy (non-hydrogen) atoms. The van der Waals surface area contributed by atoms with Gasteiger partial charge in [0.15, 0.2) is 5.69 Å². The first-order chi connectivity index (χ1) is 11.6. The summed E-state index contributed by atoms with van der Waals surface area (Å²) in [7, 11) is 0. The van der Waals surface area contributed by atoms with E-state index in [4.69, 9.17) is 4.74 Å². The van der Waals surface area contributed by atoms with Gasteiger partial charge in [-0.25, -0.2) is 13.9 Å². The van der Waals surface area contributed by atoms with Crippen LogP contribution in [0.3, 0.4) is 0 Å². The average Bonchev–Trinajstić information content (AvgIpc) is 3.19. The first-order valence-corrected chi connectivity index (χ1v) is 7.46. The van der Waals surface area contributed by atoms with Crippen LogP contribution in [0.4, 0.5) is 9.18 Å². The fraction of sp³-hybridized carbons (Fsp3) is 0.333. The number of amides is 2. The molecule has 1 aliphatic rings. The van der Waals surface area contributed by atoms with Crippen molar-refractivity contribution in [1.82, 2.24) is 25.2 Å². The summed E-state index contributed by atoms with van der Waals surface area (Å²) in [6, 6.07) is 6.02. The van der Waals surface area contributed by atoms with E-state index in [9.17, 15) is 14.0 Å². The number of cyclic esters (lactones) is 1. The standard InChI is InChI=1S/C15H16FN5O3/c16-12-3-1-11(2-4-12)9-21-10-13(18-19-21)14(22)17-5-6-20-7-8-24-15(20)23/h1-4,10H,5-9H2,(H,17,22).